The summed E-state index contributed by atoms with van der Waals surface area (Å²) in [5.74, 6) is -2.76. The normalized spacial score (nSPS) is 11.5. The average Bonchev–Trinajstić information content (AvgIpc) is 3.18. The van der Waals surface area contributed by atoms with E-state index in [0.29, 0.717) is 17.5 Å². The highest BCUT2D eigenvalue weighted by Crippen LogP contribution is 2.36. The minimum atomic E-state index is -4.90. The summed E-state index contributed by atoms with van der Waals surface area (Å²) in [6, 6.07) is 10.7. The number of hydrogen-bond donors (Lipinski definition) is 2. The molecule has 2 aromatic heterocycles. The molecule has 38 heavy (non-hydrogen) atoms. The van der Waals surface area contributed by atoms with Crippen molar-refractivity contribution < 1.29 is 31.9 Å². The topological polar surface area (TPSA) is 120 Å². The van der Waals surface area contributed by atoms with E-state index in [4.69, 9.17) is 5.73 Å². The van der Waals surface area contributed by atoms with Gasteiger partial charge in [0.1, 0.15) is 11.5 Å². The van der Waals surface area contributed by atoms with Crippen molar-refractivity contribution in [3.63, 3.8) is 0 Å². The minimum absolute atomic E-state index is 0.0129. The number of halogens is 4. The van der Waals surface area contributed by atoms with Crippen LogP contribution in [0.3, 0.4) is 0 Å². The number of carbonyl (C=O) groups is 3. The smallest absolute Gasteiger partial charge is 0.364 e. The first-order valence-corrected chi connectivity index (χ1v) is 11.4. The largest absolute Gasteiger partial charge is 0.437 e. The van der Waals surface area contributed by atoms with E-state index in [1.807, 2.05) is 0 Å². The van der Waals surface area contributed by atoms with Gasteiger partial charge in [0.25, 0.3) is 11.8 Å². The average molecular weight is 527 g/mol. The highest BCUT2D eigenvalue weighted by Gasteiger charge is 2.39. The molecule has 0 saturated heterocycles. The summed E-state index contributed by atoms with van der Waals surface area (Å²) in [4.78, 5) is 40.7. The molecule has 4 rings (SSSR count). The Bertz CT molecular complexity index is 1580. The van der Waals surface area contributed by atoms with E-state index in [2.05, 4.69) is 15.4 Å². The molecular weight excluding hydrogens is 506 g/mol. The highest BCUT2D eigenvalue weighted by atomic mass is 19.4. The number of rotatable bonds is 7. The van der Waals surface area contributed by atoms with E-state index < -0.39 is 35.2 Å². The zero-order valence-electron chi connectivity index (χ0n) is 20.2. The van der Waals surface area contributed by atoms with Crippen molar-refractivity contribution in [2.24, 2.45) is 5.73 Å². The summed E-state index contributed by atoms with van der Waals surface area (Å²) in [6.07, 6.45) is -4.59. The fourth-order valence-corrected chi connectivity index (χ4v) is 3.92. The zero-order valence-corrected chi connectivity index (χ0v) is 20.2. The molecule has 196 valence electrons. The number of ketones is 1. The van der Waals surface area contributed by atoms with Crippen molar-refractivity contribution >= 4 is 34.2 Å². The number of nitrogens with one attached hydrogen (secondary N) is 1. The maximum atomic E-state index is 13.9. The first kappa shape index (κ1) is 26.5. The molecule has 0 bridgehead atoms. The van der Waals surface area contributed by atoms with Crippen LogP contribution in [0.5, 0.6) is 0 Å². The number of carbonyl (C=O) groups excluding carboxylic acids is 3. The number of alkyl halides is 3. The molecule has 0 atom stereocenters. The number of primary amides is 1. The summed E-state index contributed by atoms with van der Waals surface area (Å²) in [5, 5.41) is 6.05. The fourth-order valence-electron chi connectivity index (χ4n) is 3.92. The molecule has 0 aliphatic carbocycles. The second kappa shape index (κ2) is 10.0. The zero-order chi connectivity index (χ0) is 27.8. The van der Waals surface area contributed by atoms with Crippen molar-refractivity contribution in [1.82, 2.24) is 14.8 Å². The summed E-state index contributed by atoms with van der Waals surface area (Å²) < 4.78 is 56.5. The molecule has 2 heterocycles. The standard InChI is InChI=1S/C26H21F4N5O3/c1-3-21(36)15-6-4-14(5-7-15)12-35-13(2)22(23(34-35)26(28,29)30)33-25(38)18-11-20(24(31)37)32-19-10-16(27)8-9-17(18)19/h4-11H,3,12H2,1-2H3,(H2,31,37)(H,33,38). The van der Waals surface area contributed by atoms with Gasteiger partial charge in [0, 0.05) is 23.4 Å². The number of nitrogens with zero attached hydrogens (tertiary/aromatic N) is 3. The van der Waals surface area contributed by atoms with Gasteiger partial charge >= 0.3 is 6.18 Å². The van der Waals surface area contributed by atoms with E-state index in [0.717, 1.165) is 22.9 Å². The van der Waals surface area contributed by atoms with Gasteiger partial charge in [-0.25, -0.2) is 9.37 Å². The summed E-state index contributed by atoms with van der Waals surface area (Å²) in [6.45, 7) is 3.02. The van der Waals surface area contributed by atoms with E-state index in [9.17, 15) is 31.9 Å². The molecule has 0 saturated carbocycles. The van der Waals surface area contributed by atoms with Crippen LogP contribution in [0.1, 0.15) is 61.5 Å². The van der Waals surface area contributed by atoms with Gasteiger partial charge in [-0.05, 0) is 30.7 Å². The Morgan fingerprint density at radius 1 is 1.05 bits per heavy atom. The predicted molar refractivity (Wildman–Crippen MR) is 130 cm³/mol. The Labute approximate surface area is 213 Å². The molecule has 12 heteroatoms. The van der Waals surface area contributed by atoms with E-state index in [-0.39, 0.29) is 40.2 Å². The second-order valence-corrected chi connectivity index (χ2v) is 8.47. The third-order valence-electron chi connectivity index (χ3n) is 5.91. The highest BCUT2D eigenvalue weighted by molar-refractivity contribution is 6.14. The summed E-state index contributed by atoms with van der Waals surface area (Å²) >= 11 is 0. The number of fused-ring (bicyclic) bond motifs is 1. The lowest BCUT2D eigenvalue weighted by Gasteiger charge is -2.12. The lowest BCUT2D eigenvalue weighted by Crippen LogP contribution is -2.19. The van der Waals surface area contributed by atoms with Crippen LogP contribution in [-0.2, 0) is 12.7 Å². The lowest BCUT2D eigenvalue weighted by molar-refractivity contribution is -0.140. The third kappa shape index (κ3) is 5.24. The monoisotopic (exact) mass is 527 g/mol. The van der Waals surface area contributed by atoms with E-state index in [1.165, 1.54) is 13.0 Å². The molecule has 3 N–H and O–H groups in total. The second-order valence-electron chi connectivity index (χ2n) is 8.47. The fraction of sp³-hybridized carbons (Fsp3) is 0.192. The molecule has 0 aliphatic heterocycles. The molecule has 0 spiro atoms. The van der Waals surface area contributed by atoms with Crippen LogP contribution < -0.4 is 11.1 Å². The minimum Gasteiger partial charge on any atom is -0.364 e. The maximum absolute atomic E-state index is 13.9. The molecule has 0 radical (unpaired) electrons. The van der Waals surface area contributed by atoms with Crippen LogP contribution in [0, 0.1) is 12.7 Å². The van der Waals surface area contributed by atoms with Crippen LogP contribution in [-0.4, -0.2) is 32.4 Å². The molecule has 4 aromatic rings. The van der Waals surface area contributed by atoms with Crippen LogP contribution in [0.4, 0.5) is 23.2 Å². The molecule has 0 aliphatic rings. The van der Waals surface area contributed by atoms with Gasteiger partial charge in [-0.15, -0.1) is 0 Å². The lowest BCUT2D eigenvalue weighted by atomic mass is 10.1. The molecular formula is C26H21F4N5O3. The Balaban J connectivity index is 1.73. The number of Topliss-reactive ketones (excluding diaryl/α,β-unsaturated/α-hetero) is 1. The number of hydrogen-bond acceptors (Lipinski definition) is 5. The molecule has 8 nitrogen and oxygen atoms in total. The Kier molecular flexibility index (Phi) is 6.99. The van der Waals surface area contributed by atoms with Crippen LogP contribution in [0.25, 0.3) is 10.9 Å². The summed E-state index contributed by atoms with van der Waals surface area (Å²) in [5.41, 5.74) is 3.81. The number of nitrogens with two attached hydrogens (primary N) is 1. The van der Waals surface area contributed by atoms with Gasteiger partial charge < -0.3 is 11.1 Å². The number of pyridine rings is 1. The predicted octanol–water partition coefficient (Wildman–Crippen LogP) is 4.89. The maximum Gasteiger partial charge on any atom is 0.437 e. The van der Waals surface area contributed by atoms with Crippen LogP contribution >= 0.6 is 0 Å². The number of benzene rings is 2. The Hall–Kier alpha value is -4.61. The van der Waals surface area contributed by atoms with Crippen molar-refractivity contribution in [2.75, 3.05) is 5.32 Å². The van der Waals surface area contributed by atoms with Gasteiger partial charge in [-0.3, -0.25) is 19.1 Å². The number of aromatic nitrogens is 3. The third-order valence-corrected chi connectivity index (χ3v) is 5.91. The summed E-state index contributed by atoms with van der Waals surface area (Å²) in [7, 11) is 0. The Morgan fingerprint density at radius 3 is 2.34 bits per heavy atom. The van der Waals surface area contributed by atoms with Crippen molar-refractivity contribution in [2.45, 2.75) is 33.0 Å². The van der Waals surface area contributed by atoms with Gasteiger partial charge in [0.15, 0.2) is 11.5 Å². The molecule has 0 unspecified atom stereocenters. The van der Waals surface area contributed by atoms with Gasteiger partial charge in [0.2, 0.25) is 0 Å². The van der Waals surface area contributed by atoms with E-state index >= 15 is 0 Å². The van der Waals surface area contributed by atoms with Crippen LogP contribution in [0.2, 0.25) is 0 Å². The Morgan fingerprint density at radius 2 is 1.74 bits per heavy atom. The number of anilines is 1. The van der Waals surface area contributed by atoms with Gasteiger partial charge in [-0.2, -0.15) is 18.3 Å². The van der Waals surface area contributed by atoms with Crippen molar-refractivity contribution in [1.29, 1.82) is 0 Å². The molecule has 2 aromatic carbocycles. The van der Waals surface area contributed by atoms with Gasteiger partial charge in [0.05, 0.1) is 29.0 Å². The SMILES string of the molecule is CCC(=O)c1ccc(Cn2nc(C(F)(F)F)c(NC(=O)c3cc(C(N)=O)nc4cc(F)ccc34)c2C)cc1. The first-order valence-electron chi connectivity index (χ1n) is 11.4. The van der Waals surface area contributed by atoms with Crippen LogP contribution in [0.15, 0.2) is 48.5 Å². The van der Waals surface area contributed by atoms with E-state index in [1.54, 1.807) is 31.2 Å². The van der Waals surface area contributed by atoms with Gasteiger partial charge in [-0.1, -0.05) is 31.2 Å². The molecule has 0 fully saturated rings. The number of amides is 2. The molecule has 2 amide bonds. The van der Waals surface area contributed by atoms with Crippen molar-refractivity contribution in [3.8, 4) is 0 Å². The first-order chi connectivity index (χ1) is 17.9. The van der Waals surface area contributed by atoms with Crippen molar-refractivity contribution in [3.05, 3.63) is 88.1 Å². The quantitative estimate of drug-likeness (QED) is 0.262.